The predicted octanol–water partition coefficient (Wildman–Crippen LogP) is 3.66. The topological polar surface area (TPSA) is 35.5 Å². The molecule has 1 heterocycles. The minimum Gasteiger partial charge on any atom is -0.492 e. The van der Waals surface area contributed by atoms with Gasteiger partial charge in [0.15, 0.2) is 0 Å². The van der Waals surface area contributed by atoms with Crippen molar-refractivity contribution in [2.75, 3.05) is 13.7 Å². The highest BCUT2D eigenvalue weighted by Crippen LogP contribution is 2.43. The van der Waals surface area contributed by atoms with Gasteiger partial charge in [-0.25, -0.2) is 9.18 Å². The number of ether oxygens (including phenoxy) is 2. The third-order valence-electron chi connectivity index (χ3n) is 3.72. The monoisotopic (exact) mass is 286 g/mol. The largest absolute Gasteiger partial charge is 0.492 e. The van der Waals surface area contributed by atoms with Crippen LogP contribution >= 0.6 is 0 Å². The van der Waals surface area contributed by atoms with Crippen LogP contribution in [0.3, 0.4) is 0 Å². The van der Waals surface area contributed by atoms with Crippen LogP contribution in [0, 0.1) is 0 Å². The van der Waals surface area contributed by atoms with E-state index < -0.39 is 12.1 Å². The van der Waals surface area contributed by atoms with Crippen molar-refractivity contribution in [1.29, 1.82) is 0 Å². The summed E-state index contributed by atoms with van der Waals surface area (Å²) in [5, 5.41) is 0. The second kappa shape index (κ2) is 5.56. The fourth-order valence-corrected chi connectivity index (χ4v) is 2.59. The number of rotatable bonds is 3. The van der Waals surface area contributed by atoms with Crippen molar-refractivity contribution < 1.29 is 18.7 Å². The Morgan fingerprint density at radius 2 is 2.05 bits per heavy atom. The summed E-state index contributed by atoms with van der Waals surface area (Å²) in [5.41, 5.74) is 1.84. The molecule has 4 heteroatoms. The van der Waals surface area contributed by atoms with Gasteiger partial charge in [0.1, 0.15) is 11.9 Å². The third-order valence-corrected chi connectivity index (χ3v) is 3.72. The Labute approximate surface area is 122 Å². The molecule has 108 valence electrons. The molecule has 2 aromatic carbocycles. The number of carbonyl (C=O) groups excluding carboxylic acids is 1. The molecule has 0 saturated heterocycles. The van der Waals surface area contributed by atoms with Gasteiger partial charge in [0.25, 0.3) is 0 Å². The number of benzene rings is 2. The summed E-state index contributed by atoms with van der Waals surface area (Å²) in [6.07, 6.45) is -1.13. The number of carbonyl (C=O) groups is 1. The fraction of sp³-hybridized carbons (Fsp3) is 0.235. The van der Waals surface area contributed by atoms with Crippen LogP contribution in [-0.4, -0.2) is 19.7 Å². The summed E-state index contributed by atoms with van der Waals surface area (Å²) < 4.78 is 24.9. The molecule has 1 aliphatic rings. The van der Waals surface area contributed by atoms with Gasteiger partial charge in [-0.3, -0.25) is 0 Å². The van der Waals surface area contributed by atoms with Gasteiger partial charge < -0.3 is 9.47 Å². The molecule has 21 heavy (non-hydrogen) atoms. The van der Waals surface area contributed by atoms with E-state index in [-0.39, 0.29) is 12.5 Å². The van der Waals surface area contributed by atoms with E-state index in [1.807, 2.05) is 18.2 Å². The van der Waals surface area contributed by atoms with Crippen molar-refractivity contribution in [1.82, 2.24) is 0 Å². The Bertz CT molecular complexity index is 654. The molecular weight excluding hydrogens is 271 g/mol. The van der Waals surface area contributed by atoms with E-state index >= 15 is 0 Å². The van der Waals surface area contributed by atoms with E-state index in [1.165, 1.54) is 7.11 Å². The molecule has 0 radical (unpaired) electrons. The number of esters is 1. The zero-order valence-electron chi connectivity index (χ0n) is 11.6. The van der Waals surface area contributed by atoms with Gasteiger partial charge in [0.2, 0.25) is 0 Å². The molecule has 0 fully saturated rings. The Hall–Kier alpha value is -2.36. The van der Waals surface area contributed by atoms with Gasteiger partial charge >= 0.3 is 5.97 Å². The average molecular weight is 286 g/mol. The lowest BCUT2D eigenvalue weighted by Gasteiger charge is -2.15. The van der Waals surface area contributed by atoms with Crippen LogP contribution in [0.1, 0.15) is 33.6 Å². The van der Waals surface area contributed by atoms with Gasteiger partial charge in [-0.15, -0.1) is 0 Å². The highest BCUT2D eigenvalue weighted by molar-refractivity contribution is 5.90. The molecule has 0 saturated carbocycles. The van der Waals surface area contributed by atoms with Crippen LogP contribution < -0.4 is 4.74 Å². The van der Waals surface area contributed by atoms with Crippen LogP contribution in [0.5, 0.6) is 5.75 Å². The number of methoxy groups -OCH3 is 1. The Morgan fingerprint density at radius 3 is 2.76 bits per heavy atom. The third kappa shape index (κ3) is 2.49. The lowest BCUT2D eigenvalue weighted by atomic mass is 9.91. The van der Waals surface area contributed by atoms with Gasteiger partial charge in [-0.1, -0.05) is 36.4 Å². The SMILES string of the molecule is COC(=O)c1ccc2c(c1)OCC2C(F)c1ccccc1. The van der Waals surface area contributed by atoms with Crippen LogP contribution in [0.4, 0.5) is 4.39 Å². The van der Waals surface area contributed by atoms with Crippen molar-refractivity contribution in [3.63, 3.8) is 0 Å². The maximum absolute atomic E-state index is 14.7. The Morgan fingerprint density at radius 1 is 1.29 bits per heavy atom. The second-order valence-electron chi connectivity index (χ2n) is 4.97. The molecule has 0 bridgehead atoms. The summed E-state index contributed by atoms with van der Waals surface area (Å²) in [5.74, 6) is -0.222. The van der Waals surface area contributed by atoms with Crippen molar-refractivity contribution in [3.05, 3.63) is 65.2 Å². The standard InChI is InChI=1S/C17H15FO3/c1-20-17(19)12-7-8-13-14(10-21-15(13)9-12)16(18)11-5-3-2-4-6-11/h2-9,14,16H,10H2,1H3. The van der Waals surface area contributed by atoms with Gasteiger partial charge in [-0.05, 0) is 17.7 Å². The van der Waals surface area contributed by atoms with E-state index in [1.54, 1.807) is 30.3 Å². The fourth-order valence-electron chi connectivity index (χ4n) is 2.59. The maximum atomic E-state index is 14.7. The van der Waals surface area contributed by atoms with Crippen molar-refractivity contribution in [2.24, 2.45) is 0 Å². The van der Waals surface area contributed by atoms with Gasteiger partial charge in [-0.2, -0.15) is 0 Å². The smallest absolute Gasteiger partial charge is 0.337 e. The zero-order valence-corrected chi connectivity index (χ0v) is 11.6. The van der Waals surface area contributed by atoms with E-state index in [0.29, 0.717) is 16.9 Å². The predicted molar refractivity (Wildman–Crippen MR) is 76.3 cm³/mol. The summed E-state index contributed by atoms with van der Waals surface area (Å²) in [7, 11) is 1.33. The number of alkyl halides is 1. The molecule has 3 nitrogen and oxygen atoms in total. The second-order valence-corrected chi connectivity index (χ2v) is 4.97. The molecule has 3 rings (SSSR count). The molecule has 0 amide bonds. The molecule has 0 aliphatic carbocycles. The van der Waals surface area contributed by atoms with Crippen molar-refractivity contribution >= 4 is 5.97 Å². The summed E-state index contributed by atoms with van der Waals surface area (Å²) >= 11 is 0. The first kappa shape index (κ1) is 13.6. The number of hydrogen-bond donors (Lipinski definition) is 0. The Balaban J connectivity index is 1.89. The first-order valence-corrected chi connectivity index (χ1v) is 6.75. The van der Waals surface area contributed by atoms with E-state index in [0.717, 1.165) is 5.56 Å². The number of fused-ring (bicyclic) bond motifs is 1. The highest BCUT2D eigenvalue weighted by atomic mass is 19.1. The van der Waals surface area contributed by atoms with Crippen LogP contribution in [0.25, 0.3) is 0 Å². The lowest BCUT2D eigenvalue weighted by molar-refractivity contribution is 0.0600. The molecule has 0 aromatic heterocycles. The molecule has 0 spiro atoms. The van der Waals surface area contributed by atoms with E-state index in [4.69, 9.17) is 4.74 Å². The van der Waals surface area contributed by atoms with Crippen molar-refractivity contribution in [2.45, 2.75) is 12.1 Å². The summed E-state index contributed by atoms with van der Waals surface area (Å²) in [4.78, 5) is 11.5. The lowest BCUT2D eigenvalue weighted by Crippen LogP contribution is -2.08. The molecule has 2 atom stereocenters. The first-order chi connectivity index (χ1) is 10.2. The zero-order chi connectivity index (χ0) is 14.8. The highest BCUT2D eigenvalue weighted by Gasteiger charge is 2.33. The number of hydrogen-bond acceptors (Lipinski definition) is 3. The van der Waals surface area contributed by atoms with Crippen LogP contribution in [-0.2, 0) is 4.74 Å². The molecule has 1 aliphatic heterocycles. The van der Waals surface area contributed by atoms with E-state index in [9.17, 15) is 9.18 Å². The summed E-state index contributed by atoms with van der Waals surface area (Å²) in [6.45, 7) is 0.274. The maximum Gasteiger partial charge on any atom is 0.337 e. The molecule has 2 unspecified atom stereocenters. The van der Waals surface area contributed by atoms with E-state index in [2.05, 4.69) is 4.74 Å². The molecule has 2 aromatic rings. The quantitative estimate of drug-likeness (QED) is 0.808. The van der Waals surface area contributed by atoms with Crippen LogP contribution in [0.15, 0.2) is 48.5 Å². The minimum absolute atomic E-state index is 0.274. The van der Waals surface area contributed by atoms with Gasteiger partial charge in [0, 0.05) is 5.56 Å². The minimum atomic E-state index is -1.13. The Kier molecular flexibility index (Phi) is 3.60. The first-order valence-electron chi connectivity index (χ1n) is 6.75. The van der Waals surface area contributed by atoms with Crippen molar-refractivity contribution in [3.8, 4) is 5.75 Å². The van der Waals surface area contributed by atoms with Crippen LogP contribution in [0.2, 0.25) is 0 Å². The molecule has 0 N–H and O–H groups in total. The molecular formula is C17H15FO3. The summed E-state index contributed by atoms with van der Waals surface area (Å²) in [6, 6.07) is 14.0. The average Bonchev–Trinajstić information content (AvgIpc) is 2.97. The normalized spacial score (nSPS) is 17.7. The van der Waals surface area contributed by atoms with Gasteiger partial charge in [0.05, 0.1) is 25.2 Å². The number of halogens is 1.